The summed E-state index contributed by atoms with van der Waals surface area (Å²) >= 11 is 0. The molecule has 1 amide bonds. The van der Waals surface area contributed by atoms with Crippen LogP contribution in [0.25, 0.3) is 0 Å². The van der Waals surface area contributed by atoms with Crippen molar-refractivity contribution in [1.82, 2.24) is 5.32 Å². The minimum Gasteiger partial charge on any atom is -0.507 e. The molecule has 0 radical (unpaired) electrons. The van der Waals surface area contributed by atoms with Crippen molar-refractivity contribution >= 4 is 6.09 Å². The van der Waals surface area contributed by atoms with Crippen molar-refractivity contribution in [3.63, 3.8) is 0 Å². The largest absolute Gasteiger partial charge is 0.507 e. The third kappa shape index (κ3) is 7.10. The maximum Gasteiger partial charge on any atom is 0.412 e. The van der Waals surface area contributed by atoms with Gasteiger partial charge in [0.15, 0.2) is 0 Å². The molecule has 2 atom stereocenters. The Morgan fingerprint density at radius 3 is 2.73 bits per heavy atom. The Morgan fingerprint density at radius 2 is 2.06 bits per heavy atom. The topological polar surface area (TPSA) is 67.8 Å². The van der Waals surface area contributed by atoms with Crippen molar-refractivity contribution in [1.29, 1.82) is 0 Å². The zero-order chi connectivity index (χ0) is 23.8. The average Bonchev–Trinajstić information content (AvgIpc) is 2.72. The van der Waals surface area contributed by atoms with Crippen LogP contribution in [0.3, 0.4) is 0 Å². The summed E-state index contributed by atoms with van der Waals surface area (Å²) in [6.45, 7) is 12.8. The van der Waals surface area contributed by atoms with Gasteiger partial charge in [-0.3, -0.25) is 0 Å². The number of ether oxygens (including phenoxy) is 2. The minimum absolute atomic E-state index is 0.0534. The van der Waals surface area contributed by atoms with Crippen LogP contribution in [0.15, 0.2) is 35.9 Å². The average molecular weight is 456 g/mol. The Kier molecular flexibility index (Phi) is 9.42. The standard InChI is InChI=1S/C28H41NO4/c1-5-6-7-9-21-15-25(30)27(24-14-20(4)11-12-23(24)19(2)3)26(16-21)33-28(31)29-13-8-10-22-17-32-18-22/h14-16,22-24,30H,2,5-13,17-18H2,1,3-4H3,(H,29,31)/t23-,24+/m0/s1. The molecule has 1 heterocycles. The van der Waals surface area contributed by atoms with Crippen molar-refractivity contribution in [2.75, 3.05) is 19.8 Å². The van der Waals surface area contributed by atoms with Crippen LogP contribution in [0.1, 0.15) is 82.8 Å². The molecule has 0 aromatic heterocycles. The van der Waals surface area contributed by atoms with Crippen LogP contribution in [-0.4, -0.2) is 31.0 Å². The number of phenols is 1. The van der Waals surface area contributed by atoms with Crippen LogP contribution in [0.5, 0.6) is 11.5 Å². The van der Waals surface area contributed by atoms with E-state index in [9.17, 15) is 9.90 Å². The maximum atomic E-state index is 12.7. The van der Waals surface area contributed by atoms with Gasteiger partial charge in [0.05, 0.1) is 13.2 Å². The Labute approximate surface area is 199 Å². The van der Waals surface area contributed by atoms with Gasteiger partial charge in [-0.2, -0.15) is 0 Å². The van der Waals surface area contributed by atoms with Crippen LogP contribution < -0.4 is 10.1 Å². The van der Waals surface area contributed by atoms with Gasteiger partial charge in [0, 0.05) is 23.9 Å². The molecule has 2 aliphatic rings. The maximum absolute atomic E-state index is 12.7. The first kappa shape index (κ1) is 25.4. The van der Waals surface area contributed by atoms with Gasteiger partial charge in [0.2, 0.25) is 0 Å². The van der Waals surface area contributed by atoms with E-state index in [0.717, 1.165) is 75.7 Å². The van der Waals surface area contributed by atoms with Crippen molar-refractivity contribution in [3.8, 4) is 11.5 Å². The third-order valence-electron chi connectivity index (χ3n) is 6.93. The molecule has 1 aromatic rings. The van der Waals surface area contributed by atoms with Crippen molar-refractivity contribution in [3.05, 3.63) is 47.1 Å². The van der Waals surface area contributed by atoms with E-state index in [1.165, 1.54) is 5.57 Å². The summed E-state index contributed by atoms with van der Waals surface area (Å²) in [6, 6.07) is 3.80. The van der Waals surface area contributed by atoms with Crippen LogP contribution in [0.2, 0.25) is 0 Å². The monoisotopic (exact) mass is 455 g/mol. The van der Waals surface area contributed by atoms with E-state index in [1.807, 2.05) is 19.1 Å². The molecule has 5 nitrogen and oxygen atoms in total. The van der Waals surface area contributed by atoms with Gasteiger partial charge in [-0.25, -0.2) is 4.79 Å². The highest BCUT2D eigenvalue weighted by atomic mass is 16.6. The van der Waals surface area contributed by atoms with E-state index >= 15 is 0 Å². The van der Waals surface area contributed by atoms with E-state index in [4.69, 9.17) is 9.47 Å². The van der Waals surface area contributed by atoms with Gasteiger partial charge in [-0.15, -0.1) is 0 Å². The summed E-state index contributed by atoms with van der Waals surface area (Å²) in [5, 5.41) is 14.0. The SMILES string of the molecule is C=C(C)[C@@H]1CCC(C)=C[C@H]1c1c(O)cc(CCCCC)cc1OC(=O)NCCCC1COC1. The first-order valence-electron chi connectivity index (χ1n) is 12.6. The highest BCUT2D eigenvalue weighted by molar-refractivity contribution is 5.72. The summed E-state index contributed by atoms with van der Waals surface area (Å²) in [5.74, 6) is 1.45. The molecule has 0 spiro atoms. The lowest BCUT2D eigenvalue weighted by Crippen LogP contribution is -2.31. The fourth-order valence-corrected chi connectivity index (χ4v) is 4.88. The molecular formula is C28H41NO4. The van der Waals surface area contributed by atoms with E-state index in [1.54, 1.807) is 0 Å². The number of amides is 1. The quantitative estimate of drug-likeness (QED) is 0.289. The Bertz CT molecular complexity index is 856. The predicted octanol–water partition coefficient (Wildman–Crippen LogP) is 6.66. The van der Waals surface area contributed by atoms with Gasteiger partial charge < -0.3 is 19.9 Å². The Morgan fingerprint density at radius 1 is 1.27 bits per heavy atom. The van der Waals surface area contributed by atoms with Crippen molar-refractivity contribution in [2.24, 2.45) is 11.8 Å². The summed E-state index contributed by atoms with van der Waals surface area (Å²) in [4.78, 5) is 12.7. The summed E-state index contributed by atoms with van der Waals surface area (Å²) in [7, 11) is 0. The molecule has 1 aliphatic carbocycles. The number of nitrogens with one attached hydrogen (secondary N) is 1. The van der Waals surface area contributed by atoms with Crippen LogP contribution >= 0.6 is 0 Å². The Hall–Kier alpha value is -2.27. The summed E-state index contributed by atoms with van der Waals surface area (Å²) < 4.78 is 11.1. The molecular weight excluding hydrogens is 414 g/mol. The third-order valence-corrected chi connectivity index (χ3v) is 6.93. The zero-order valence-electron chi connectivity index (χ0n) is 20.6. The van der Waals surface area contributed by atoms with Gasteiger partial charge in [0.1, 0.15) is 11.5 Å². The molecule has 1 aliphatic heterocycles. The first-order valence-corrected chi connectivity index (χ1v) is 12.6. The predicted molar refractivity (Wildman–Crippen MR) is 133 cm³/mol. The van der Waals surface area contributed by atoms with Crippen LogP contribution in [-0.2, 0) is 11.2 Å². The smallest absolute Gasteiger partial charge is 0.412 e. The van der Waals surface area contributed by atoms with Gasteiger partial charge >= 0.3 is 6.09 Å². The number of carbonyl (C=O) groups excluding carboxylic acids is 1. The van der Waals surface area contributed by atoms with E-state index in [-0.39, 0.29) is 17.6 Å². The lowest BCUT2D eigenvalue weighted by molar-refractivity contribution is -0.0360. The second-order valence-electron chi connectivity index (χ2n) is 9.88. The second kappa shape index (κ2) is 12.3. The summed E-state index contributed by atoms with van der Waals surface area (Å²) in [5.41, 5.74) is 4.08. The molecule has 0 unspecified atom stereocenters. The fourth-order valence-electron chi connectivity index (χ4n) is 4.88. The van der Waals surface area contributed by atoms with Crippen LogP contribution in [0, 0.1) is 11.8 Å². The highest BCUT2D eigenvalue weighted by Gasteiger charge is 2.31. The lowest BCUT2D eigenvalue weighted by atomic mass is 9.73. The molecule has 182 valence electrons. The van der Waals surface area contributed by atoms with Gasteiger partial charge in [0.25, 0.3) is 0 Å². The number of aromatic hydroxyl groups is 1. The molecule has 2 N–H and O–H groups in total. The normalized spacial score (nSPS) is 20.6. The van der Waals surface area contributed by atoms with E-state index < -0.39 is 6.09 Å². The van der Waals surface area contributed by atoms with Crippen molar-refractivity contribution in [2.45, 2.75) is 78.1 Å². The molecule has 5 heteroatoms. The zero-order valence-corrected chi connectivity index (χ0v) is 20.6. The van der Waals surface area contributed by atoms with Gasteiger partial charge in [-0.05, 0) is 76.0 Å². The number of aryl methyl sites for hydroxylation is 1. The van der Waals surface area contributed by atoms with Crippen molar-refractivity contribution < 1.29 is 19.4 Å². The second-order valence-corrected chi connectivity index (χ2v) is 9.88. The Balaban J connectivity index is 1.80. The molecule has 3 rings (SSSR count). The van der Waals surface area contributed by atoms with E-state index in [2.05, 4.69) is 31.8 Å². The molecule has 0 saturated carbocycles. The number of benzene rings is 1. The lowest BCUT2D eigenvalue weighted by Gasteiger charge is -2.32. The number of phenolic OH excluding ortho intramolecular Hbond substituents is 1. The number of unbranched alkanes of at least 4 members (excludes halogenated alkanes) is 2. The first-order chi connectivity index (χ1) is 15.9. The number of allylic oxidation sites excluding steroid dienone is 3. The number of rotatable bonds is 11. The fraction of sp³-hybridized carbons (Fsp3) is 0.607. The molecule has 1 saturated heterocycles. The number of hydrogen-bond acceptors (Lipinski definition) is 4. The molecule has 1 aromatic carbocycles. The van der Waals surface area contributed by atoms with E-state index in [0.29, 0.717) is 23.8 Å². The number of hydrogen-bond donors (Lipinski definition) is 2. The van der Waals surface area contributed by atoms with Gasteiger partial charge in [-0.1, -0.05) is 43.6 Å². The summed E-state index contributed by atoms with van der Waals surface area (Å²) in [6.07, 6.45) is 9.86. The highest BCUT2D eigenvalue weighted by Crippen LogP contribution is 2.47. The molecule has 33 heavy (non-hydrogen) atoms. The van der Waals surface area contributed by atoms with Crippen LogP contribution in [0.4, 0.5) is 4.79 Å². The molecule has 0 bridgehead atoms. The number of carbonyl (C=O) groups is 1. The molecule has 1 fully saturated rings. The minimum atomic E-state index is -0.463.